The summed E-state index contributed by atoms with van der Waals surface area (Å²) in [5.74, 6) is 0.638. The van der Waals surface area contributed by atoms with Gasteiger partial charge in [-0.05, 0) is 31.2 Å². The van der Waals surface area contributed by atoms with E-state index >= 15 is 0 Å². The van der Waals surface area contributed by atoms with Gasteiger partial charge in [-0.2, -0.15) is 0 Å². The Balaban J connectivity index is 2.54. The fourth-order valence-electron chi connectivity index (χ4n) is 1.27. The molecule has 0 atom stereocenters. The molecule has 4 heteroatoms. The SMILES string of the molecule is Cc1ccnc(-c2cc(Cl)cc(Cl)c2)n1. The lowest BCUT2D eigenvalue weighted by molar-refractivity contribution is 1.11. The third kappa shape index (κ3) is 2.46. The molecule has 2 rings (SSSR count). The highest BCUT2D eigenvalue weighted by molar-refractivity contribution is 6.35. The Labute approximate surface area is 97.9 Å². The van der Waals surface area contributed by atoms with Crippen LogP contribution in [0.1, 0.15) is 5.69 Å². The molecule has 0 saturated heterocycles. The minimum Gasteiger partial charge on any atom is -0.237 e. The molecule has 0 spiro atoms. The van der Waals surface area contributed by atoms with Crippen LogP contribution >= 0.6 is 23.2 Å². The van der Waals surface area contributed by atoms with Crippen molar-refractivity contribution in [2.45, 2.75) is 6.92 Å². The maximum atomic E-state index is 5.90. The van der Waals surface area contributed by atoms with Gasteiger partial charge in [-0.3, -0.25) is 0 Å². The summed E-state index contributed by atoms with van der Waals surface area (Å²) in [7, 11) is 0. The Morgan fingerprint density at radius 1 is 1.07 bits per heavy atom. The first kappa shape index (κ1) is 10.4. The van der Waals surface area contributed by atoms with Gasteiger partial charge in [0.05, 0.1) is 0 Å². The Hall–Kier alpha value is -1.12. The summed E-state index contributed by atoms with van der Waals surface area (Å²) in [5.41, 5.74) is 1.74. The fraction of sp³-hybridized carbons (Fsp3) is 0.0909. The highest BCUT2D eigenvalue weighted by Gasteiger charge is 2.03. The van der Waals surface area contributed by atoms with Gasteiger partial charge >= 0.3 is 0 Å². The average molecular weight is 239 g/mol. The highest BCUT2D eigenvalue weighted by atomic mass is 35.5. The summed E-state index contributed by atoms with van der Waals surface area (Å²) in [6.07, 6.45) is 1.71. The number of aromatic nitrogens is 2. The van der Waals surface area contributed by atoms with Crippen molar-refractivity contribution < 1.29 is 0 Å². The smallest absolute Gasteiger partial charge is 0.159 e. The Kier molecular flexibility index (Phi) is 2.89. The van der Waals surface area contributed by atoms with Gasteiger partial charge in [0.2, 0.25) is 0 Å². The molecule has 76 valence electrons. The van der Waals surface area contributed by atoms with Gasteiger partial charge in [0.1, 0.15) is 0 Å². The van der Waals surface area contributed by atoms with Gasteiger partial charge in [0, 0.05) is 27.5 Å². The largest absolute Gasteiger partial charge is 0.237 e. The molecule has 0 saturated carbocycles. The van der Waals surface area contributed by atoms with Crippen LogP contribution in [0.15, 0.2) is 30.5 Å². The maximum Gasteiger partial charge on any atom is 0.159 e. The molecule has 2 nitrogen and oxygen atoms in total. The fourth-order valence-corrected chi connectivity index (χ4v) is 1.80. The van der Waals surface area contributed by atoms with Crippen molar-refractivity contribution in [1.82, 2.24) is 9.97 Å². The zero-order valence-corrected chi connectivity index (χ0v) is 9.55. The van der Waals surface area contributed by atoms with Gasteiger partial charge in [-0.15, -0.1) is 0 Å². The number of nitrogens with zero attached hydrogens (tertiary/aromatic N) is 2. The van der Waals surface area contributed by atoms with Crippen molar-refractivity contribution >= 4 is 23.2 Å². The topological polar surface area (TPSA) is 25.8 Å². The summed E-state index contributed by atoms with van der Waals surface area (Å²) < 4.78 is 0. The highest BCUT2D eigenvalue weighted by Crippen LogP contribution is 2.24. The van der Waals surface area contributed by atoms with Crippen LogP contribution < -0.4 is 0 Å². The molecule has 0 aliphatic carbocycles. The number of benzene rings is 1. The first-order chi connectivity index (χ1) is 7.15. The van der Waals surface area contributed by atoms with Crippen LogP contribution in [-0.4, -0.2) is 9.97 Å². The second kappa shape index (κ2) is 4.17. The van der Waals surface area contributed by atoms with Gasteiger partial charge in [0.15, 0.2) is 5.82 Å². The molecule has 0 aliphatic heterocycles. The van der Waals surface area contributed by atoms with E-state index in [0.717, 1.165) is 11.3 Å². The molecular formula is C11H8Cl2N2. The lowest BCUT2D eigenvalue weighted by Crippen LogP contribution is -1.90. The molecule has 0 radical (unpaired) electrons. The summed E-state index contributed by atoms with van der Waals surface area (Å²) in [4.78, 5) is 8.46. The molecule has 0 amide bonds. The van der Waals surface area contributed by atoms with Gasteiger partial charge in [0.25, 0.3) is 0 Å². The predicted molar refractivity (Wildman–Crippen MR) is 62.2 cm³/mol. The van der Waals surface area contributed by atoms with E-state index in [-0.39, 0.29) is 0 Å². The third-order valence-corrected chi connectivity index (χ3v) is 2.35. The van der Waals surface area contributed by atoms with Crippen molar-refractivity contribution in [3.05, 3.63) is 46.2 Å². The van der Waals surface area contributed by atoms with E-state index < -0.39 is 0 Å². The molecule has 2 aromatic rings. The number of rotatable bonds is 1. The Morgan fingerprint density at radius 2 is 1.73 bits per heavy atom. The molecule has 0 N–H and O–H groups in total. The van der Waals surface area contributed by atoms with Crippen LogP contribution in [0.25, 0.3) is 11.4 Å². The summed E-state index contributed by atoms with van der Waals surface area (Å²) in [5, 5.41) is 1.17. The minimum atomic E-state index is 0.586. The monoisotopic (exact) mass is 238 g/mol. The second-order valence-corrected chi connectivity index (χ2v) is 4.05. The molecular weight excluding hydrogens is 231 g/mol. The van der Waals surface area contributed by atoms with Gasteiger partial charge < -0.3 is 0 Å². The van der Waals surface area contributed by atoms with Crippen LogP contribution in [0.4, 0.5) is 0 Å². The van der Waals surface area contributed by atoms with E-state index in [1.807, 2.05) is 13.0 Å². The Morgan fingerprint density at radius 3 is 2.33 bits per heavy atom. The second-order valence-electron chi connectivity index (χ2n) is 3.18. The lowest BCUT2D eigenvalue weighted by atomic mass is 10.2. The molecule has 15 heavy (non-hydrogen) atoms. The van der Waals surface area contributed by atoms with Gasteiger partial charge in [-0.1, -0.05) is 23.2 Å². The normalized spacial score (nSPS) is 10.3. The van der Waals surface area contributed by atoms with E-state index in [1.54, 1.807) is 24.4 Å². The quantitative estimate of drug-likeness (QED) is 0.757. The van der Waals surface area contributed by atoms with Gasteiger partial charge in [-0.25, -0.2) is 9.97 Å². The van der Waals surface area contributed by atoms with E-state index in [4.69, 9.17) is 23.2 Å². The van der Waals surface area contributed by atoms with Crippen molar-refractivity contribution in [2.24, 2.45) is 0 Å². The number of hydrogen-bond acceptors (Lipinski definition) is 2. The standard InChI is InChI=1S/C11H8Cl2N2/c1-7-2-3-14-11(15-7)8-4-9(12)6-10(13)5-8/h2-6H,1H3. The summed E-state index contributed by atoms with van der Waals surface area (Å²) in [6, 6.07) is 7.11. The van der Waals surface area contributed by atoms with Crippen LogP contribution in [0.2, 0.25) is 10.0 Å². The maximum absolute atomic E-state index is 5.90. The van der Waals surface area contributed by atoms with E-state index in [0.29, 0.717) is 15.9 Å². The molecule has 1 heterocycles. The first-order valence-corrected chi connectivity index (χ1v) is 5.17. The van der Waals surface area contributed by atoms with E-state index in [1.165, 1.54) is 0 Å². The van der Waals surface area contributed by atoms with Crippen LogP contribution in [-0.2, 0) is 0 Å². The molecule has 0 bridgehead atoms. The molecule has 0 unspecified atom stereocenters. The first-order valence-electron chi connectivity index (χ1n) is 4.41. The van der Waals surface area contributed by atoms with E-state index in [9.17, 15) is 0 Å². The third-order valence-electron chi connectivity index (χ3n) is 1.92. The Bertz CT molecular complexity index is 477. The van der Waals surface area contributed by atoms with Crippen molar-refractivity contribution in [1.29, 1.82) is 0 Å². The summed E-state index contributed by atoms with van der Waals surface area (Å²) in [6.45, 7) is 1.91. The molecule has 1 aromatic carbocycles. The molecule has 0 fully saturated rings. The van der Waals surface area contributed by atoms with Crippen LogP contribution in [0, 0.1) is 6.92 Å². The number of halogens is 2. The summed E-state index contributed by atoms with van der Waals surface area (Å²) >= 11 is 11.8. The minimum absolute atomic E-state index is 0.586. The molecule has 0 aliphatic rings. The zero-order chi connectivity index (χ0) is 10.8. The number of hydrogen-bond donors (Lipinski definition) is 0. The van der Waals surface area contributed by atoms with Crippen LogP contribution in [0.3, 0.4) is 0 Å². The lowest BCUT2D eigenvalue weighted by Gasteiger charge is -2.02. The average Bonchev–Trinajstić information content (AvgIpc) is 2.16. The number of aryl methyl sites for hydroxylation is 1. The van der Waals surface area contributed by atoms with Crippen molar-refractivity contribution in [3.8, 4) is 11.4 Å². The predicted octanol–water partition coefficient (Wildman–Crippen LogP) is 3.76. The van der Waals surface area contributed by atoms with Crippen molar-refractivity contribution in [2.75, 3.05) is 0 Å². The van der Waals surface area contributed by atoms with Crippen molar-refractivity contribution in [3.63, 3.8) is 0 Å². The van der Waals surface area contributed by atoms with Crippen LogP contribution in [0.5, 0.6) is 0 Å². The molecule has 1 aromatic heterocycles. The van der Waals surface area contributed by atoms with E-state index in [2.05, 4.69) is 9.97 Å². The zero-order valence-electron chi connectivity index (χ0n) is 8.04.